The molecule has 0 saturated carbocycles. The average molecular weight is 366 g/mol. The fourth-order valence-electron chi connectivity index (χ4n) is 3.39. The molecule has 3 heterocycles. The van der Waals surface area contributed by atoms with Crippen LogP contribution in [0.5, 0.6) is 34.5 Å². The molecule has 5 heteroatoms. The van der Waals surface area contributed by atoms with Crippen molar-refractivity contribution in [3.63, 3.8) is 0 Å². The van der Waals surface area contributed by atoms with Crippen molar-refractivity contribution >= 4 is 33.0 Å². The Balaban J connectivity index is 1.79. The highest BCUT2D eigenvalue weighted by Gasteiger charge is 2.41. The van der Waals surface area contributed by atoms with Gasteiger partial charge in [-0.15, -0.1) is 0 Å². The van der Waals surface area contributed by atoms with Crippen molar-refractivity contribution in [1.82, 2.24) is 0 Å². The number of halogens is 1. The van der Waals surface area contributed by atoms with Crippen molar-refractivity contribution in [3.8, 4) is 34.5 Å². The summed E-state index contributed by atoms with van der Waals surface area (Å²) in [5.41, 5.74) is 2.76. The topological polar surface area (TPSA) is 30.9 Å². The first-order valence-corrected chi connectivity index (χ1v) is 8.02. The summed E-state index contributed by atoms with van der Waals surface area (Å²) in [5, 5.41) is 0. The van der Waals surface area contributed by atoms with Crippen molar-refractivity contribution in [1.29, 1.82) is 0 Å². The van der Waals surface area contributed by atoms with Gasteiger partial charge in [-0.1, -0.05) is 28.1 Å². The molecular formula is C18H8BrNO3. The van der Waals surface area contributed by atoms with E-state index in [1.807, 2.05) is 48.5 Å². The molecule has 110 valence electrons. The van der Waals surface area contributed by atoms with Crippen LogP contribution in [0.15, 0.2) is 53.0 Å². The van der Waals surface area contributed by atoms with Crippen LogP contribution in [-0.4, -0.2) is 0 Å². The van der Waals surface area contributed by atoms with Crippen LogP contribution in [0, 0.1) is 0 Å². The summed E-state index contributed by atoms with van der Waals surface area (Å²) in [7, 11) is 0. The molecule has 4 nitrogen and oxygen atoms in total. The summed E-state index contributed by atoms with van der Waals surface area (Å²) in [5.74, 6) is 4.66. The van der Waals surface area contributed by atoms with Gasteiger partial charge in [-0.3, -0.25) is 4.90 Å². The molecule has 3 aromatic rings. The Labute approximate surface area is 139 Å². The van der Waals surface area contributed by atoms with E-state index in [1.165, 1.54) is 0 Å². The van der Waals surface area contributed by atoms with Crippen LogP contribution in [0.2, 0.25) is 0 Å². The second-order valence-electron chi connectivity index (χ2n) is 5.60. The number of para-hydroxylation sites is 2. The van der Waals surface area contributed by atoms with Gasteiger partial charge in [-0.25, -0.2) is 0 Å². The van der Waals surface area contributed by atoms with Crippen molar-refractivity contribution in [2.45, 2.75) is 0 Å². The molecule has 0 radical (unpaired) electrons. The Kier molecular flexibility index (Phi) is 1.96. The van der Waals surface area contributed by atoms with Gasteiger partial charge in [-0.05, 0) is 36.4 Å². The number of ether oxygens (including phenoxy) is 3. The highest BCUT2D eigenvalue weighted by Crippen LogP contribution is 2.66. The van der Waals surface area contributed by atoms with E-state index in [-0.39, 0.29) is 0 Å². The molecule has 3 aromatic carbocycles. The minimum atomic E-state index is 0.765. The first-order valence-electron chi connectivity index (χ1n) is 7.23. The Hall–Kier alpha value is -2.66. The number of nitrogens with zero attached hydrogens (tertiary/aromatic N) is 1. The minimum Gasteiger partial charge on any atom is -0.453 e. The van der Waals surface area contributed by atoms with Gasteiger partial charge in [0.1, 0.15) is 17.1 Å². The molecule has 0 spiro atoms. The summed E-state index contributed by atoms with van der Waals surface area (Å²) in [4.78, 5) is 2.18. The third-order valence-electron chi connectivity index (χ3n) is 4.26. The lowest BCUT2D eigenvalue weighted by Gasteiger charge is -2.41. The second-order valence-corrected chi connectivity index (χ2v) is 6.51. The molecule has 6 rings (SSSR count). The van der Waals surface area contributed by atoms with Crippen LogP contribution < -0.4 is 19.1 Å². The zero-order valence-corrected chi connectivity index (χ0v) is 13.3. The van der Waals surface area contributed by atoms with Crippen LogP contribution >= 0.6 is 15.9 Å². The Morgan fingerprint density at radius 2 is 1.00 bits per heavy atom. The number of benzene rings is 3. The molecule has 0 bridgehead atoms. The maximum atomic E-state index is 6.10. The molecule has 0 aliphatic carbocycles. The lowest BCUT2D eigenvalue weighted by atomic mass is 10.0. The number of anilines is 3. The van der Waals surface area contributed by atoms with Gasteiger partial charge in [0.05, 0.1) is 0 Å². The van der Waals surface area contributed by atoms with Gasteiger partial charge < -0.3 is 14.2 Å². The monoisotopic (exact) mass is 365 g/mol. The summed E-state index contributed by atoms with van der Waals surface area (Å²) in [6.07, 6.45) is 0. The third-order valence-corrected chi connectivity index (χ3v) is 4.72. The Morgan fingerprint density at radius 3 is 1.48 bits per heavy atom. The molecule has 0 atom stereocenters. The van der Waals surface area contributed by atoms with Gasteiger partial charge in [-0.2, -0.15) is 0 Å². The molecular weight excluding hydrogens is 358 g/mol. The lowest BCUT2D eigenvalue weighted by Crippen LogP contribution is -2.23. The van der Waals surface area contributed by atoms with Crippen LogP contribution in [0.25, 0.3) is 0 Å². The van der Waals surface area contributed by atoms with Crippen molar-refractivity contribution in [3.05, 3.63) is 53.0 Å². The van der Waals surface area contributed by atoms with Crippen LogP contribution in [-0.2, 0) is 0 Å². The standard InChI is InChI=1S/C18H8BrNO3/c19-9-7-14-18-15(8-9)23-13-6-2-4-11-17(13)20(18)16-10(21-11)3-1-5-12(16)22-14/h1-8H. The van der Waals surface area contributed by atoms with Gasteiger partial charge in [0.2, 0.25) is 0 Å². The fourth-order valence-corrected chi connectivity index (χ4v) is 3.81. The molecule has 0 N–H and O–H groups in total. The van der Waals surface area contributed by atoms with Crippen LogP contribution in [0.1, 0.15) is 0 Å². The van der Waals surface area contributed by atoms with Crippen molar-refractivity contribution in [2.24, 2.45) is 0 Å². The average Bonchev–Trinajstić information content (AvgIpc) is 2.54. The molecule has 0 unspecified atom stereocenters. The van der Waals surface area contributed by atoms with Crippen LogP contribution in [0.4, 0.5) is 17.1 Å². The second kappa shape index (κ2) is 3.81. The Morgan fingerprint density at radius 1 is 0.609 bits per heavy atom. The molecule has 0 saturated heterocycles. The Bertz CT molecular complexity index is 954. The summed E-state index contributed by atoms with van der Waals surface area (Å²) in [6.45, 7) is 0. The molecule has 23 heavy (non-hydrogen) atoms. The van der Waals surface area contributed by atoms with E-state index in [0.717, 1.165) is 56.0 Å². The van der Waals surface area contributed by atoms with Crippen molar-refractivity contribution in [2.75, 3.05) is 4.90 Å². The van der Waals surface area contributed by atoms with Gasteiger partial charge in [0, 0.05) is 4.47 Å². The molecule has 3 aliphatic heterocycles. The smallest absolute Gasteiger partial charge is 0.156 e. The molecule has 3 aliphatic rings. The lowest BCUT2D eigenvalue weighted by molar-refractivity contribution is 0.417. The van der Waals surface area contributed by atoms with Crippen molar-refractivity contribution < 1.29 is 14.2 Å². The minimum absolute atomic E-state index is 0.765. The summed E-state index contributed by atoms with van der Waals surface area (Å²) >= 11 is 3.53. The van der Waals surface area contributed by atoms with Gasteiger partial charge in [0.25, 0.3) is 0 Å². The number of hydrogen-bond acceptors (Lipinski definition) is 4. The summed E-state index contributed by atoms with van der Waals surface area (Å²) < 4.78 is 19.2. The largest absolute Gasteiger partial charge is 0.453 e. The fraction of sp³-hybridized carbons (Fsp3) is 0. The van der Waals surface area contributed by atoms with E-state index in [2.05, 4.69) is 20.8 Å². The SMILES string of the molecule is Brc1cc2c3c(c1)Oc1cccc4c1N3c1c(cccc1O2)O4. The van der Waals surface area contributed by atoms with Gasteiger partial charge in [0.15, 0.2) is 34.5 Å². The first kappa shape index (κ1) is 11.8. The molecule has 0 amide bonds. The quantitative estimate of drug-likeness (QED) is 0.319. The van der Waals surface area contributed by atoms with E-state index >= 15 is 0 Å². The highest BCUT2D eigenvalue weighted by atomic mass is 79.9. The maximum absolute atomic E-state index is 6.10. The van der Waals surface area contributed by atoms with E-state index < -0.39 is 0 Å². The first-order chi connectivity index (χ1) is 11.3. The van der Waals surface area contributed by atoms with E-state index in [9.17, 15) is 0 Å². The molecule has 0 aromatic heterocycles. The third kappa shape index (κ3) is 1.36. The van der Waals surface area contributed by atoms with E-state index in [4.69, 9.17) is 14.2 Å². The predicted octanol–water partition coefficient (Wildman–Crippen LogP) is 6.24. The van der Waals surface area contributed by atoms with E-state index in [0.29, 0.717) is 0 Å². The summed E-state index contributed by atoms with van der Waals surface area (Å²) in [6, 6.07) is 15.6. The predicted molar refractivity (Wildman–Crippen MR) is 89.0 cm³/mol. The van der Waals surface area contributed by atoms with Gasteiger partial charge >= 0.3 is 0 Å². The normalized spacial score (nSPS) is 14.4. The zero-order chi connectivity index (χ0) is 15.1. The maximum Gasteiger partial charge on any atom is 0.156 e. The zero-order valence-electron chi connectivity index (χ0n) is 11.7. The highest BCUT2D eigenvalue weighted by molar-refractivity contribution is 9.10. The van der Waals surface area contributed by atoms with E-state index in [1.54, 1.807) is 0 Å². The number of hydrogen-bond donors (Lipinski definition) is 0. The van der Waals surface area contributed by atoms with Crippen LogP contribution in [0.3, 0.4) is 0 Å². The number of rotatable bonds is 0. The molecule has 0 fully saturated rings.